The number of carbonyl (C=O) groups excluding carboxylic acids is 1. The van der Waals surface area contributed by atoms with Crippen LogP contribution in [0, 0.1) is 12.3 Å². The van der Waals surface area contributed by atoms with Crippen LogP contribution in [0.2, 0.25) is 0 Å². The topological polar surface area (TPSA) is 29.5 Å². The smallest absolute Gasteiger partial charge is 0.307 e. The van der Waals surface area contributed by atoms with Gasteiger partial charge in [0.15, 0.2) is 0 Å². The van der Waals surface area contributed by atoms with Crippen molar-refractivity contribution in [1.82, 2.24) is 4.90 Å². The number of ether oxygens (including phenoxy) is 1. The first-order valence-corrected chi connectivity index (χ1v) is 4.98. The summed E-state index contributed by atoms with van der Waals surface area (Å²) >= 11 is 0. The van der Waals surface area contributed by atoms with Crippen LogP contribution in [0.4, 0.5) is 0 Å². The van der Waals surface area contributed by atoms with Gasteiger partial charge in [-0.15, -0.1) is 12.3 Å². The molecular formula is C11H19NO2. The summed E-state index contributed by atoms with van der Waals surface area (Å²) in [7, 11) is 1.98. The highest BCUT2D eigenvalue weighted by atomic mass is 16.5. The Bertz CT molecular complexity index is 196. The largest absolute Gasteiger partial charge is 0.466 e. The number of nitrogens with zero attached hydrogens (tertiary/aromatic N) is 1. The van der Waals surface area contributed by atoms with Crippen LogP contribution in [-0.2, 0) is 9.53 Å². The zero-order chi connectivity index (χ0) is 10.8. The van der Waals surface area contributed by atoms with Crippen molar-refractivity contribution in [2.45, 2.75) is 26.2 Å². The molecule has 0 rings (SSSR count). The van der Waals surface area contributed by atoms with Crippen molar-refractivity contribution < 1.29 is 9.53 Å². The number of hydrogen-bond acceptors (Lipinski definition) is 3. The van der Waals surface area contributed by atoms with Gasteiger partial charge in [-0.2, -0.15) is 0 Å². The Kier molecular flexibility index (Phi) is 7.96. The normalized spacial score (nSPS) is 9.86. The van der Waals surface area contributed by atoms with E-state index in [9.17, 15) is 4.79 Å². The summed E-state index contributed by atoms with van der Waals surface area (Å²) in [5.41, 5.74) is 0. The van der Waals surface area contributed by atoms with Crippen molar-refractivity contribution in [3.63, 3.8) is 0 Å². The van der Waals surface area contributed by atoms with Crippen LogP contribution in [0.25, 0.3) is 0 Å². The van der Waals surface area contributed by atoms with Gasteiger partial charge in [0.1, 0.15) is 0 Å². The molecule has 0 saturated heterocycles. The molecule has 0 heterocycles. The van der Waals surface area contributed by atoms with Crippen LogP contribution in [-0.4, -0.2) is 37.6 Å². The van der Waals surface area contributed by atoms with Crippen LogP contribution >= 0.6 is 0 Å². The van der Waals surface area contributed by atoms with Crippen LogP contribution < -0.4 is 0 Å². The lowest BCUT2D eigenvalue weighted by Crippen LogP contribution is -2.23. The minimum absolute atomic E-state index is 0.128. The van der Waals surface area contributed by atoms with Crippen LogP contribution in [0.3, 0.4) is 0 Å². The summed E-state index contributed by atoms with van der Waals surface area (Å²) < 4.78 is 4.82. The van der Waals surface area contributed by atoms with Crippen molar-refractivity contribution in [2.75, 3.05) is 26.7 Å². The molecule has 3 nitrogen and oxygen atoms in total. The molecule has 0 radical (unpaired) electrons. The minimum Gasteiger partial charge on any atom is -0.466 e. The predicted molar refractivity (Wildman–Crippen MR) is 56.8 cm³/mol. The number of carbonyl (C=O) groups is 1. The molecule has 0 fully saturated rings. The fourth-order valence-corrected chi connectivity index (χ4v) is 1.08. The first-order valence-electron chi connectivity index (χ1n) is 4.98. The summed E-state index contributed by atoms with van der Waals surface area (Å²) in [6, 6.07) is 0. The van der Waals surface area contributed by atoms with E-state index in [2.05, 4.69) is 10.8 Å². The number of hydrogen-bond donors (Lipinski definition) is 0. The van der Waals surface area contributed by atoms with E-state index in [0.29, 0.717) is 13.0 Å². The third-order valence-electron chi connectivity index (χ3n) is 1.86. The van der Waals surface area contributed by atoms with Crippen LogP contribution in [0.1, 0.15) is 26.2 Å². The van der Waals surface area contributed by atoms with E-state index < -0.39 is 0 Å². The van der Waals surface area contributed by atoms with Gasteiger partial charge in [-0.3, -0.25) is 4.79 Å². The van der Waals surface area contributed by atoms with E-state index in [1.165, 1.54) is 0 Å². The number of rotatable bonds is 7. The van der Waals surface area contributed by atoms with Gasteiger partial charge in [-0.25, -0.2) is 0 Å². The maximum atomic E-state index is 11.0. The lowest BCUT2D eigenvalue weighted by molar-refractivity contribution is -0.143. The molecule has 0 aliphatic heterocycles. The van der Waals surface area contributed by atoms with Gasteiger partial charge in [0.25, 0.3) is 0 Å². The Labute approximate surface area is 86.4 Å². The molecule has 0 aromatic carbocycles. The lowest BCUT2D eigenvalue weighted by atomic mass is 10.3. The Morgan fingerprint density at radius 2 is 2.21 bits per heavy atom. The quantitative estimate of drug-likeness (QED) is 0.350. The Hall–Kier alpha value is -1.01. The summed E-state index contributed by atoms with van der Waals surface area (Å²) in [6.45, 7) is 3.95. The Morgan fingerprint density at radius 1 is 1.50 bits per heavy atom. The Morgan fingerprint density at radius 3 is 2.79 bits per heavy atom. The fraction of sp³-hybridized carbons (Fsp3) is 0.727. The van der Waals surface area contributed by atoms with Gasteiger partial charge < -0.3 is 9.64 Å². The summed E-state index contributed by atoms with van der Waals surface area (Å²) in [4.78, 5) is 13.1. The second kappa shape index (κ2) is 8.58. The molecular weight excluding hydrogens is 178 g/mol. The van der Waals surface area contributed by atoms with Gasteiger partial charge >= 0.3 is 5.97 Å². The predicted octanol–water partition coefficient (Wildman–Crippen LogP) is 1.28. The highest BCUT2D eigenvalue weighted by Gasteiger charge is 2.03. The third-order valence-corrected chi connectivity index (χ3v) is 1.86. The zero-order valence-corrected chi connectivity index (χ0v) is 9.08. The van der Waals surface area contributed by atoms with Crippen molar-refractivity contribution in [2.24, 2.45) is 0 Å². The SMILES string of the molecule is C#CCCCN(C)CCC(=O)OCC. The van der Waals surface area contributed by atoms with E-state index in [4.69, 9.17) is 11.2 Å². The number of esters is 1. The molecule has 14 heavy (non-hydrogen) atoms. The van der Waals surface area contributed by atoms with Gasteiger partial charge in [-0.1, -0.05) is 0 Å². The van der Waals surface area contributed by atoms with Gasteiger partial charge in [0, 0.05) is 13.0 Å². The summed E-state index contributed by atoms with van der Waals surface area (Å²) in [5.74, 6) is 2.46. The number of unbranched alkanes of at least 4 members (excludes halogenated alkanes) is 1. The molecule has 3 heteroatoms. The molecule has 0 aromatic heterocycles. The Balaban J connectivity index is 3.39. The second-order valence-corrected chi connectivity index (χ2v) is 3.17. The maximum absolute atomic E-state index is 11.0. The standard InChI is InChI=1S/C11H19NO2/c1-4-6-7-9-12(3)10-8-11(13)14-5-2/h1H,5-10H2,2-3H3. The van der Waals surface area contributed by atoms with Crippen molar-refractivity contribution in [1.29, 1.82) is 0 Å². The fourth-order valence-electron chi connectivity index (χ4n) is 1.08. The first-order chi connectivity index (χ1) is 6.70. The highest BCUT2D eigenvalue weighted by Crippen LogP contribution is 1.94. The molecule has 0 spiro atoms. The first kappa shape index (κ1) is 13.0. The van der Waals surface area contributed by atoms with E-state index in [0.717, 1.165) is 25.9 Å². The van der Waals surface area contributed by atoms with Crippen molar-refractivity contribution in [3.05, 3.63) is 0 Å². The van der Waals surface area contributed by atoms with E-state index >= 15 is 0 Å². The molecule has 0 bridgehead atoms. The van der Waals surface area contributed by atoms with Crippen molar-refractivity contribution >= 4 is 5.97 Å². The summed E-state index contributed by atoms with van der Waals surface area (Å²) in [5, 5.41) is 0. The van der Waals surface area contributed by atoms with E-state index in [1.54, 1.807) is 0 Å². The molecule has 0 atom stereocenters. The summed E-state index contributed by atoms with van der Waals surface area (Å²) in [6.07, 6.45) is 7.37. The molecule has 0 unspecified atom stereocenters. The molecule has 0 N–H and O–H groups in total. The van der Waals surface area contributed by atoms with Crippen molar-refractivity contribution in [3.8, 4) is 12.3 Å². The minimum atomic E-state index is -0.128. The lowest BCUT2D eigenvalue weighted by Gasteiger charge is -2.14. The zero-order valence-electron chi connectivity index (χ0n) is 9.08. The monoisotopic (exact) mass is 197 g/mol. The van der Waals surface area contributed by atoms with Gasteiger partial charge in [0.05, 0.1) is 13.0 Å². The highest BCUT2D eigenvalue weighted by molar-refractivity contribution is 5.69. The molecule has 0 amide bonds. The molecule has 0 aliphatic carbocycles. The van der Waals surface area contributed by atoms with Crippen LogP contribution in [0.5, 0.6) is 0 Å². The molecule has 0 aromatic rings. The van der Waals surface area contributed by atoms with Gasteiger partial charge in [-0.05, 0) is 26.9 Å². The second-order valence-electron chi connectivity index (χ2n) is 3.17. The average molecular weight is 197 g/mol. The van der Waals surface area contributed by atoms with Gasteiger partial charge in [0.2, 0.25) is 0 Å². The average Bonchev–Trinajstić information content (AvgIpc) is 2.16. The molecule has 0 aliphatic rings. The molecule has 0 saturated carbocycles. The van der Waals surface area contributed by atoms with E-state index in [1.807, 2.05) is 14.0 Å². The number of terminal acetylenes is 1. The van der Waals surface area contributed by atoms with Crippen LogP contribution in [0.15, 0.2) is 0 Å². The third kappa shape index (κ3) is 7.63. The van der Waals surface area contributed by atoms with E-state index in [-0.39, 0.29) is 5.97 Å². The maximum Gasteiger partial charge on any atom is 0.307 e. The molecule has 80 valence electrons.